The summed E-state index contributed by atoms with van der Waals surface area (Å²) in [6.07, 6.45) is 1.57. The molecule has 158 valence electrons. The van der Waals surface area contributed by atoms with Gasteiger partial charge in [-0.25, -0.2) is 0 Å². The van der Waals surface area contributed by atoms with Crippen LogP contribution in [0.25, 0.3) is 0 Å². The lowest BCUT2D eigenvalue weighted by molar-refractivity contribution is -0.158. The van der Waals surface area contributed by atoms with Gasteiger partial charge in [0.25, 0.3) is 5.91 Å². The minimum atomic E-state index is -0.902. The van der Waals surface area contributed by atoms with E-state index in [1.807, 2.05) is 20.8 Å². The third kappa shape index (κ3) is 4.49. The number of carbonyl (C=O) groups excluding carboxylic acids is 2. The maximum Gasteiger partial charge on any atom is 0.305 e. The van der Waals surface area contributed by atoms with Crippen LogP contribution in [0.5, 0.6) is 0 Å². The highest BCUT2D eigenvalue weighted by Crippen LogP contribution is 2.44. The van der Waals surface area contributed by atoms with Gasteiger partial charge in [-0.2, -0.15) is 0 Å². The summed E-state index contributed by atoms with van der Waals surface area (Å²) in [5.41, 5.74) is -0.583. The molecule has 0 aliphatic carbocycles. The Morgan fingerprint density at radius 1 is 1.14 bits per heavy atom. The minimum absolute atomic E-state index is 0.00184. The molecule has 0 saturated carbocycles. The van der Waals surface area contributed by atoms with E-state index in [-0.39, 0.29) is 36.2 Å². The highest BCUT2D eigenvalue weighted by Gasteiger charge is 2.49. The smallest absolute Gasteiger partial charge is 0.305 e. The summed E-state index contributed by atoms with van der Waals surface area (Å²) in [5, 5.41) is 9.33. The van der Waals surface area contributed by atoms with Crippen LogP contribution in [-0.2, 0) is 23.9 Å². The number of likely N-dealkylation sites (tertiary alicyclic amines) is 1. The molecule has 3 aliphatic rings. The second kappa shape index (κ2) is 7.99. The molecular formula is C20H32N2O6. The summed E-state index contributed by atoms with van der Waals surface area (Å²) in [7, 11) is 0. The van der Waals surface area contributed by atoms with E-state index in [0.717, 1.165) is 12.8 Å². The van der Waals surface area contributed by atoms with Gasteiger partial charge in [0.1, 0.15) is 0 Å². The molecule has 2 amide bonds. The zero-order chi connectivity index (χ0) is 20.5. The Hall–Kier alpha value is -1.67. The van der Waals surface area contributed by atoms with Gasteiger partial charge in [0.2, 0.25) is 5.91 Å². The van der Waals surface area contributed by atoms with Crippen LogP contribution in [0.1, 0.15) is 46.5 Å². The molecule has 0 bridgehead atoms. The minimum Gasteiger partial charge on any atom is -0.481 e. The zero-order valence-electron chi connectivity index (χ0n) is 17.1. The van der Waals surface area contributed by atoms with E-state index in [0.29, 0.717) is 39.3 Å². The first-order chi connectivity index (χ1) is 13.1. The fraction of sp³-hybridized carbons (Fsp3) is 0.850. The Kier molecular flexibility index (Phi) is 6.00. The molecule has 1 spiro atoms. The van der Waals surface area contributed by atoms with Crippen LogP contribution < -0.4 is 0 Å². The molecule has 1 N–H and O–H groups in total. The predicted molar refractivity (Wildman–Crippen MR) is 101 cm³/mol. The van der Waals surface area contributed by atoms with Crippen molar-refractivity contribution in [2.75, 3.05) is 39.5 Å². The van der Waals surface area contributed by atoms with Crippen LogP contribution in [0.2, 0.25) is 0 Å². The average Bonchev–Trinajstić information content (AvgIpc) is 2.97. The van der Waals surface area contributed by atoms with Gasteiger partial charge in [-0.15, -0.1) is 0 Å². The Bertz CT molecular complexity index is 623. The molecule has 8 heteroatoms. The van der Waals surface area contributed by atoms with Crippen molar-refractivity contribution >= 4 is 17.8 Å². The monoisotopic (exact) mass is 396 g/mol. The number of ether oxygens (including phenoxy) is 2. The fourth-order valence-corrected chi connectivity index (χ4v) is 4.62. The molecule has 3 fully saturated rings. The Labute approximate surface area is 166 Å². The SMILES string of the molecule is CC(C)(C)C(=O)N1CCOC(C(=O)N2CC3(CCOCC3)CC2CC(=O)O)C1. The van der Waals surface area contributed by atoms with E-state index in [2.05, 4.69) is 0 Å². The van der Waals surface area contributed by atoms with Gasteiger partial charge in [0, 0.05) is 37.8 Å². The van der Waals surface area contributed by atoms with Crippen molar-refractivity contribution in [1.82, 2.24) is 9.80 Å². The van der Waals surface area contributed by atoms with Crippen molar-refractivity contribution in [3.63, 3.8) is 0 Å². The van der Waals surface area contributed by atoms with Gasteiger partial charge in [-0.3, -0.25) is 14.4 Å². The van der Waals surface area contributed by atoms with E-state index in [4.69, 9.17) is 9.47 Å². The molecule has 3 aliphatic heterocycles. The van der Waals surface area contributed by atoms with Crippen LogP contribution in [-0.4, -0.2) is 84.3 Å². The fourth-order valence-electron chi connectivity index (χ4n) is 4.62. The number of carboxylic acids is 1. The predicted octanol–water partition coefficient (Wildman–Crippen LogP) is 1.13. The van der Waals surface area contributed by atoms with E-state index in [9.17, 15) is 19.5 Å². The number of hydrogen-bond donors (Lipinski definition) is 1. The summed E-state index contributed by atoms with van der Waals surface area (Å²) in [6.45, 7) is 8.43. The number of rotatable bonds is 3. The topological polar surface area (TPSA) is 96.4 Å². The molecule has 3 rings (SSSR count). The van der Waals surface area contributed by atoms with Crippen LogP contribution in [0, 0.1) is 10.8 Å². The third-order valence-electron chi connectivity index (χ3n) is 6.13. The number of carbonyl (C=O) groups is 3. The number of carboxylic acid groups (broad SMARTS) is 1. The summed E-state index contributed by atoms with van der Waals surface area (Å²) in [4.78, 5) is 40.7. The van der Waals surface area contributed by atoms with Crippen molar-refractivity contribution in [3.8, 4) is 0 Å². The summed E-state index contributed by atoms with van der Waals surface area (Å²) in [6, 6.07) is -0.333. The van der Waals surface area contributed by atoms with Crippen LogP contribution in [0.4, 0.5) is 0 Å². The van der Waals surface area contributed by atoms with E-state index >= 15 is 0 Å². The van der Waals surface area contributed by atoms with Crippen molar-refractivity contribution in [2.45, 2.75) is 58.6 Å². The van der Waals surface area contributed by atoms with Gasteiger partial charge in [-0.05, 0) is 24.7 Å². The third-order valence-corrected chi connectivity index (χ3v) is 6.13. The van der Waals surface area contributed by atoms with Gasteiger partial charge in [0.15, 0.2) is 6.10 Å². The molecule has 0 aromatic carbocycles. The number of nitrogens with zero attached hydrogens (tertiary/aromatic N) is 2. The maximum atomic E-state index is 13.3. The first-order valence-electron chi connectivity index (χ1n) is 10.1. The molecular weight excluding hydrogens is 364 g/mol. The van der Waals surface area contributed by atoms with Gasteiger partial charge >= 0.3 is 5.97 Å². The Morgan fingerprint density at radius 2 is 1.82 bits per heavy atom. The second-order valence-corrected chi connectivity index (χ2v) is 9.39. The summed E-state index contributed by atoms with van der Waals surface area (Å²) < 4.78 is 11.2. The van der Waals surface area contributed by atoms with Crippen LogP contribution in [0.3, 0.4) is 0 Å². The van der Waals surface area contributed by atoms with Gasteiger partial charge in [-0.1, -0.05) is 20.8 Å². The van der Waals surface area contributed by atoms with Crippen LogP contribution >= 0.6 is 0 Å². The highest BCUT2D eigenvalue weighted by atomic mass is 16.5. The number of morpholine rings is 1. The Balaban J connectivity index is 1.73. The molecule has 2 atom stereocenters. The van der Waals surface area contributed by atoms with E-state index in [1.165, 1.54) is 0 Å². The van der Waals surface area contributed by atoms with Crippen molar-refractivity contribution in [2.24, 2.45) is 10.8 Å². The molecule has 28 heavy (non-hydrogen) atoms. The molecule has 0 aromatic rings. The van der Waals surface area contributed by atoms with E-state index < -0.39 is 17.5 Å². The lowest BCUT2D eigenvalue weighted by atomic mass is 9.78. The quantitative estimate of drug-likeness (QED) is 0.768. The highest BCUT2D eigenvalue weighted by molar-refractivity contribution is 5.85. The standard InChI is InChI=1S/C20H32N2O6/c1-19(2,3)18(26)21-6-9-28-15(12-21)17(25)22-13-20(4-7-27-8-5-20)11-14(22)10-16(23)24/h14-15H,4-13H2,1-3H3,(H,23,24). The number of amides is 2. The number of aliphatic carboxylic acids is 1. The largest absolute Gasteiger partial charge is 0.481 e. The molecule has 2 unspecified atom stereocenters. The normalized spacial score (nSPS) is 27.8. The van der Waals surface area contributed by atoms with Crippen molar-refractivity contribution in [1.29, 1.82) is 0 Å². The lowest BCUT2D eigenvalue weighted by Gasteiger charge is -2.38. The van der Waals surface area contributed by atoms with Crippen molar-refractivity contribution in [3.05, 3.63) is 0 Å². The lowest BCUT2D eigenvalue weighted by Crippen LogP contribution is -2.55. The number of hydrogen-bond acceptors (Lipinski definition) is 5. The average molecular weight is 396 g/mol. The van der Waals surface area contributed by atoms with Gasteiger partial charge in [0.05, 0.1) is 19.6 Å². The molecule has 0 radical (unpaired) electrons. The van der Waals surface area contributed by atoms with Crippen LogP contribution in [0.15, 0.2) is 0 Å². The molecule has 3 saturated heterocycles. The molecule has 0 aromatic heterocycles. The first-order valence-corrected chi connectivity index (χ1v) is 10.1. The van der Waals surface area contributed by atoms with Crippen molar-refractivity contribution < 1.29 is 29.0 Å². The first kappa shape index (κ1) is 21.0. The summed E-state index contributed by atoms with van der Waals surface area (Å²) >= 11 is 0. The van der Waals surface area contributed by atoms with Gasteiger partial charge < -0.3 is 24.4 Å². The second-order valence-electron chi connectivity index (χ2n) is 9.39. The molecule has 3 heterocycles. The molecule has 8 nitrogen and oxygen atoms in total. The maximum absolute atomic E-state index is 13.3. The zero-order valence-corrected chi connectivity index (χ0v) is 17.1. The summed E-state index contributed by atoms with van der Waals surface area (Å²) in [5.74, 6) is -1.10. The Morgan fingerprint density at radius 3 is 2.43 bits per heavy atom. The van der Waals surface area contributed by atoms with E-state index in [1.54, 1.807) is 9.80 Å².